The molecule has 0 saturated heterocycles. The first kappa shape index (κ1) is 43.4. The standard InChI is InChI=1S/C39H75NO5/c1-4-7-10-13-15-16-17-18-19-20-21-22-24-26-29-32-37(41)40-36(39(43)44)33-34-38(42)45-35(30-27-12-9-6-3)31-28-25-23-14-11-8-5-2/h35-36H,4-34H2,1-3H3,(H,40,41)(H,43,44)/t35?,36-/m0/s1. The highest BCUT2D eigenvalue weighted by molar-refractivity contribution is 5.84. The molecule has 0 heterocycles. The number of rotatable bonds is 35. The summed E-state index contributed by atoms with van der Waals surface area (Å²) in [6.07, 6.45) is 34.2. The summed E-state index contributed by atoms with van der Waals surface area (Å²) >= 11 is 0. The fourth-order valence-electron chi connectivity index (χ4n) is 6.08. The molecule has 0 aliphatic heterocycles. The van der Waals surface area contributed by atoms with Gasteiger partial charge in [-0.1, -0.05) is 168 Å². The fourth-order valence-corrected chi connectivity index (χ4v) is 6.08. The van der Waals surface area contributed by atoms with Crippen LogP contribution in [0.5, 0.6) is 0 Å². The van der Waals surface area contributed by atoms with Crippen LogP contribution in [0.25, 0.3) is 0 Å². The molecule has 6 nitrogen and oxygen atoms in total. The van der Waals surface area contributed by atoms with Crippen molar-refractivity contribution in [2.75, 3.05) is 0 Å². The van der Waals surface area contributed by atoms with E-state index in [1.807, 2.05) is 0 Å². The third-order valence-electron chi connectivity index (χ3n) is 9.09. The Labute approximate surface area is 279 Å². The number of ether oxygens (including phenoxy) is 1. The first-order chi connectivity index (χ1) is 21.9. The predicted octanol–water partition coefficient (Wildman–Crippen LogP) is 11.6. The molecule has 0 radical (unpaired) electrons. The van der Waals surface area contributed by atoms with Gasteiger partial charge in [-0.3, -0.25) is 9.59 Å². The highest BCUT2D eigenvalue weighted by atomic mass is 16.5. The summed E-state index contributed by atoms with van der Waals surface area (Å²) in [5, 5.41) is 12.3. The van der Waals surface area contributed by atoms with Crippen LogP contribution in [-0.4, -0.2) is 35.1 Å². The Morgan fingerprint density at radius 2 is 0.844 bits per heavy atom. The summed E-state index contributed by atoms with van der Waals surface area (Å²) in [6.45, 7) is 6.68. The zero-order chi connectivity index (χ0) is 33.2. The van der Waals surface area contributed by atoms with Crippen molar-refractivity contribution in [1.29, 1.82) is 0 Å². The van der Waals surface area contributed by atoms with E-state index in [1.54, 1.807) is 0 Å². The van der Waals surface area contributed by atoms with E-state index in [4.69, 9.17) is 4.74 Å². The highest BCUT2D eigenvalue weighted by Crippen LogP contribution is 2.18. The molecule has 0 aliphatic carbocycles. The first-order valence-corrected chi connectivity index (χ1v) is 19.7. The number of esters is 1. The third kappa shape index (κ3) is 30.8. The lowest BCUT2D eigenvalue weighted by Crippen LogP contribution is -2.41. The molecule has 266 valence electrons. The van der Waals surface area contributed by atoms with E-state index >= 15 is 0 Å². The number of aliphatic carboxylic acids is 1. The van der Waals surface area contributed by atoms with Crippen LogP contribution in [0.1, 0.15) is 220 Å². The molecule has 0 aromatic heterocycles. The number of unbranched alkanes of at least 4 members (excludes halogenated alkanes) is 23. The van der Waals surface area contributed by atoms with Crippen molar-refractivity contribution in [2.45, 2.75) is 232 Å². The van der Waals surface area contributed by atoms with Gasteiger partial charge in [0.2, 0.25) is 5.91 Å². The average Bonchev–Trinajstić information content (AvgIpc) is 3.02. The van der Waals surface area contributed by atoms with E-state index in [0.717, 1.165) is 51.4 Å². The van der Waals surface area contributed by atoms with Crippen molar-refractivity contribution in [3.05, 3.63) is 0 Å². The second-order valence-corrected chi connectivity index (χ2v) is 13.6. The minimum atomic E-state index is -1.09. The van der Waals surface area contributed by atoms with Crippen molar-refractivity contribution >= 4 is 17.8 Å². The molecule has 1 amide bonds. The smallest absolute Gasteiger partial charge is 0.326 e. The largest absolute Gasteiger partial charge is 0.480 e. The molecule has 0 spiro atoms. The zero-order valence-electron chi connectivity index (χ0n) is 30.2. The molecule has 0 bridgehead atoms. The van der Waals surface area contributed by atoms with Crippen LogP contribution in [0.3, 0.4) is 0 Å². The molecule has 0 fully saturated rings. The number of nitrogens with one attached hydrogen (secondary N) is 1. The van der Waals surface area contributed by atoms with Crippen molar-refractivity contribution in [2.24, 2.45) is 0 Å². The number of carbonyl (C=O) groups is 3. The lowest BCUT2D eigenvalue weighted by Gasteiger charge is -2.19. The van der Waals surface area contributed by atoms with Crippen LogP contribution in [0.4, 0.5) is 0 Å². The Hall–Kier alpha value is -1.59. The Morgan fingerprint density at radius 1 is 0.489 bits per heavy atom. The van der Waals surface area contributed by atoms with Gasteiger partial charge in [0.25, 0.3) is 0 Å². The van der Waals surface area contributed by atoms with Gasteiger partial charge in [0, 0.05) is 12.8 Å². The molecule has 2 atom stereocenters. The second kappa shape index (κ2) is 33.8. The van der Waals surface area contributed by atoms with Crippen molar-refractivity contribution in [3.8, 4) is 0 Å². The quantitative estimate of drug-likeness (QED) is 0.0533. The molecular formula is C39H75NO5. The van der Waals surface area contributed by atoms with Crippen LogP contribution in [0, 0.1) is 0 Å². The molecule has 0 saturated carbocycles. The monoisotopic (exact) mass is 638 g/mol. The van der Waals surface area contributed by atoms with E-state index in [0.29, 0.717) is 6.42 Å². The molecule has 1 unspecified atom stereocenters. The first-order valence-electron chi connectivity index (χ1n) is 19.7. The highest BCUT2D eigenvalue weighted by Gasteiger charge is 2.22. The predicted molar refractivity (Wildman–Crippen MR) is 190 cm³/mol. The molecule has 0 rings (SSSR count). The van der Waals surface area contributed by atoms with E-state index in [1.165, 1.54) is 128 Å². The number of carboxylic acid groups (broad SMARTS) is 1. The number of hydrogen-bond donors (Lipinski definition) is 2. The van der Waals surface area contributed by atoms with Crippen molar-refractivity contribution in [1.82, 2.24) is 5.32 Å². The Balaban J connectivity index is 4.13. The Morgan fingerprint density at radius 3 is 1.24 bits per heavy atom. The number of hydrogen-bond acceptors (Lipinski definition) is 4. The van der Waals surface area contributed by atoms with Crippen molar-refractivity contribution < 1.29 is 24.2 Å². The van der Waals surface area contributed by atoms with Crippen LogP contribution >= 0.6 is 0 Å². The van der Waals surface area contributed by atoms with Crippen LogP contribution < -0.4 is 5.32 Å². The number of carboxylic acids is 1. The Bertz CT molecular complexity index is 682. The van der Waals surface area contributed by atoms with Gasteiger partial charge < -0.3 is 15.2 Å². The maximum Gasteiger partial charge on any atom is 0.326 e. The van der Waals surface area contributed by atoms with Gasteiger partial charge in [-0.15, -0.1) is 0 Å². The van der Waals surface area contributed by atoms with Gasteiger partial charge >= 0.3 is 11.9 Å². The van der Waals surface area contributed by atoms with E-state index in [9.17, 15) is 19.5 Å². The SMILES string of the molecule is CCCCCCCCCCCCCCCCCC(=O)N[C@@H](CCC(=O)OC(CCCCCC)CCCCCCCCC)C(=O)O. The summed E-state index contributed by atoms with van der Waals surface area (Å²) in [5.41, 5.74) is 0. The topological polar surface area (TPSA) is 92.7 Å². The maximum atomic E-state index is 12.7. The molecule has 2 N–H and O–H groups in total. The molecule has 0 aromatic rings. The van der Waals surface area contributed by atoms with Crippen LogP contribution in [-0.2, 0) is 19.1 Å². The fraction of sp³-hybridized carbons (Fsp3) is 0.923. The van der Waals surface area contributed by atoms with Gasteiger partial charge in [-0.25, -0.2) is 4.79 Å². The summed E-state index contributed by atoms with van der Waals surface area (Å²) in [5.74, 6) is -1.67. The van der Waals surface area contributed by atoms with Gasteiger partial charge in [-0.05, 0) is 38.5 Å². The van der Waals surface area contributed by atoms with Gasteiger partial charge in [0.15, 0.2) is 0 Å². The van der Waals surface area contributed by atoms with E-state index in [-0.39, 0.29) is 30.8 Å². The zero-order valence-corrected chi connectivity index (χ0v) is 30.2. The summed E-state index contributed by atoms with van der Waals surface area (Å²) in [6, 6.07) is -1.05. The molecule has 0 aliphatic rings. The van der Waals surface area contributed by atoms with E-state index in [2.05, 4.69) is 26.1 Å². The normalized spacial score (nSPS) is 12.6. The summed E-state index contributed by atoms with van der Waals surface area (Å²) in [4.78, 5) is 36.9. The minimum absolute atomic E-state index is 0.0126. The van der Waals surface area contributed by atoms with Gasteiger partial charge in [-0.2, -0.15) is 0 Å². The van der Waals surface area contributed by atoms with E-state index < -0.39 is 12.0 Å². The van der Waals surface area contributed by atoms with Gasteiger partial charge in [0.1, 0.15) is 12.1 Å². The minimum Gasteiger partial charge on any atom is -0.480 e. The third-order valence-corrected chi connectivity index (χ3v) is 9.09. The molecule has 0 aromatic carbocycles. The molecule has 6 heteroatoms. The second-order valence-electron chi connectivity index (χ2n) is 13.6. The number of carbonyl (C=O) groups excluding carboxylic acids is 2. The lowest BCUT2D eigenvalue weighted by atomic mass is 10.0. The Kier molecular flexibility index (Phi) is 32.6. The average molecular weight is 638 g/mol. The van der Waals surface area contributed by atoms with Crippen LogP contribution in [0.2, 0.25) is 0 Å². The van der Waals surface area contributed by atoms with Gasteiger partial charge in [0.05, 0.1) is 0 Å². The van der Waals surface area contributed by atoms with Crippen LogP contribution in [0.15, 0.2) is 0 Å². The van der Waals surface area contributed by atoms with Crippen molar-refractivity contribution in [3.63, 3.8) is 0 Å². The molecular weight excluding hydrogens is 562 g/mol. The maximum absolute atomic E-state index is 12.7. The summed E-state index contributed by atoms with van der Waals surface area (Å²) in [7, 11) is 0. The number of amides is 1. The summed E-state index contributed by atoms with van der Waals surface area (Å²) < 4.78 is 5.83. The lowest BCUT2D eigenvalue weighted by molar-refractivity contribution is -0.150. The molecule has 45 heavy (non-hydrogen) atoms.